The zero-order chi connectivity index (χ0) is 13.9. The lowest BCUT2D eigenvalue weighted by atomic mass is 9.90. The van der Waals surface area contributed by atoms with E-state index in [1.54, 1.807) is 0 Å². The Morgan fingerprint density at radius 3 is 2.17 bits per heavy atom. The zero-order valence-corrected chi connectivity index (χ0v) is 13.6. The first-order valence-corrected chi connectivity index (χ1v) is 8.17. The van der Waals surface area contributed by atoms with Crippen molar-refractivity contribution in [1.82, 2.24) is 5.32 Å². The van der Waals surface area contributed by atoms with Gasteiger partial charge in [0.25, 0.3) is 0 Å². The van der Waals surface area contributed by atoms with Gasteiger partial charge < -0.3 is 5.32 Å². The second-order valence-electron chi connectivity index (χ2n) is 6.07. The molecule has 0 aliphatic heterocycles. The Bertz CT molecular complexity index is 211. The highest BCUT2D eigenvalue weighted by atomic mass is 32.1. The molecular formula is C16H33NS. The predicted molar refractivity (Wildman–Crippen MR) is 87.4 cm³/mol. The fourth-order valence-electron chi connectivity index (χ4n) is 1.73. The van der Waals surface area contributed by atoms with Crippen LogP contribution in [0.1, 0.15) is 72.1 Å². The summed E-state index contributed by atoms with van der Waals surface area (Å²) in [6.45, 7) is 12.0. The summed E-state index contributed by atoms with van der Waals surface area (Å²) in [5, 5.41) is 3.48. The van der Waals surface area contributed by atoms with Gasteiger partial charge in [-0.2, -0.15) is 12.6 Å². The molecule has 108 valence electrons. The number of hydrogen-bond acceptors (Lipinski definition) is 2. The highest BCUT2D eigenvalue weighted by Gasteiger charge is 2.14. The van der Waals surface area contributed by atoms with E-state index in [-0.39, 0.29) is 0 Å². The largest absolute Gasteiger partial charge is 0.388 e. The van der Waals surface area contributed by atoms with Crippen molar-refractivity contribution in [2.75, 3.05) is 12.3 Å². The van der Waals surface area contributed by atoms with Gasteiger partial charge in [0, 0.05) is 12.2 Å². The average molecular weight is 272 g/mol. The molecule has 0 unspecified atom stereocenters. The van der Waals surface area contributed by atoms with E-state index in [4.69, 9.17) is 0 Å². The first-order chi connectivity index (χ1) is 8.52. The van der Waals surface area contributed by atoms with Crippen molar-refractivity contribution < 1.29 is 0 Å². The summed E-state index contributed by atoms with van der Waals surface area (Å²) in [6, 6.07) is 0. The molecule has 0 aromatic carbocycles. The second kappa shape index (κ2) is 10.8. The topological polar surface area (TPSA) is 12.0 Å². The summed E-state index contributed by atoms with van der Waals surface area (Å²) in [6.07, 6.45) is 10.3. The maximum Gasteiger partial charge on any atom is 0.0194 e. The number of unbranched alkanes of at least 4 members (excludes halogenated alkanes) is 5. The Balaban J connectivity index is 3.38. The first kappa shape index (κ1) is 17.9. The molecule has 0 aromatic heterocycles. The molecule has 0 amide bonds. The average Bonchev–Trinajstić information content (AvgIpc) is 2.35. The number of hydrogen-bond donors (Lipinski definition) is 2. The molecule has 2 heteroatoms. The Hall–Kier alpha value is -0.110. The van der Waals surface area contributed by atoms with Crippen LogP contribution in [-0.4, -0.2) is 12.3 Å². The molecule has 18 heavy (non-hydrogen) atoms. The van der Waals surface area contributed by atoms with Gasteiger partial charge in [0.1, 0.15) is 0 Å². The molecule has 0 bridgehead atoms. The van der Waals surface area contributed by atoms with Gasteiger partial charge in [-0.1, -0.05) is 53.0 Å². The summed E-state index contributed by atoms with van der Waals surface area (Å²) in [5.74, 6) is 1.04. The van der Waals surface area contributed by atoms with Crippen LogP contribution in [0.3, 0.4) is 0 Å². The SMILES string of the molecule is C=C(CCCCCCCCS)NCC(C)(C)CC. The van der Waals surface area contributed by atoms with E-state index in [0.717, 1.165) is 18.7 Å². The van der Waals surface area contributed by atoms with Crippen LogP contribution in [0.5, 0.6) is 0 Å². The molecule has 0 saturated carbocycles. The van der Waals surface area contributed by atoms with E-state index in [0.29, 0.717) is 5.41 Å². The highest BCUT2D eigenvalue weighted by molar-refractivity contribution is 7.80. The molecule has 0 rings (SSSR count). The highest BCUT2D eigenvalue weighted by Crippen LogP contribution is 2.18. The first-order valence-electron chi connectivity index (χ1n) is 7.54. The third-order valence-corrected chi connectivity index (χ3v) is 3.98. The van der Waals surface area contributed by atoms with Crippen molar-refractivity contribution in [2.24, 2.45) is 5.41 Å². The smallest absolute Gasteiger partial charge is 0.0194 e. The molecule has 0 radical (unpaired) electrons. The summed E-state index contributed by atoms with van der Waals surface area (Å²) < 4.78 is 0. The lowest BCUT2D eigenvalue weighted by molar-refractivity contribution is 0.338. The fourth-order valence-corrected chi connectivity index (χ4v) is 1.96. The standard InChI is InChI=1S/C16H33NS/c1-5-16(3,4)14-17-15(2)12-10-8-6-7-9-11-13-18/h17-18H,2,5-14H2,1,3-4H3. The minimum Gasteiger partial charge on any atom is -0.388 e. The third kappa shape index (κ3) is 11.0. The summed E-state index contributed by atoms with van der Waals surface area (Å²) in [4.78, 5) is 0. The van der Waals surface area contributed by atoms with E-state index in [2.05, 4.69) is 45.3 Å². The minimum atomic E-state index is 0.385. The van der Waals surface area contributed by atoms with E-state index in [1.165, 1.54) is 50.6 Å². The van der Waals surface area contributed by atoms with Gasteiger partial charge >= 0.3 is 0 Å². The quantitative estimate of drug-likeness (QED) is 0.368. The van der Waals surface area contributed by atoms with Gasteiger partial charge in [-0.15, -0.1) is 0 Å². The molecule has 0 fully saturated rings. The van der Waals surface area contributed by atoms with Crippen LogP contribution in [0, 0.1) is 5.41 Å². The third-order valence-electron chi connectivity index (χ3n) is 3.66. The summed E-state index contributed by atoms with van der Waals surface area (Å²) >= 11 is 4.23. The van der Waals surface area contributed by atoms with Crippen LogP contribution < -0.4 is 5.32 Å². The zero-order valence-electron chi connectivity index (χ0n) is 12.7. The van der Waals surface area contributed by atoms with Gasteiger partial charge in [0.05, 0.1) is 0 Å². The van der Waals surface area contributed by atoms with Gasteiger partial charge in [-0.25, -0.2) is 0 Å². The normalized spacial score (nSPS) is 11.6. The predicted octanol–water partition coefficient (Wildman–Crippen LogP) is 5.19. The van der Waals surface area contributed by atoms with Crippen molar-refractivity contribution in [1.29, 1.82) is 0 Å². The number of thiol groups is 1. The van der Waals surface area contributed by atoms with Crippen LogP contribution in [0.4, 0.5) is 0 Å². The maximum absolute atomic E-state index is 4.23. The molecule has 1 N–H and O–H groups in total. The van der Waals surface area contributed by atoms with E-state index in [9.17, 15) is 0 Å². The van der Waals surface area contributed by atoms with Crippen molar-refractivity contribution >= 4 is 12.6 Å². The molecule has 0 atom stereocenters. The Labute approximate surface area is 120 Å². The van der Waals surface area contributed by atoms with Crippen molar-refractivity contribution in [3.8, 4) is 0 Å². The van der Waals surface area contributed by atoms with Crippen LogP contribution >= 0.6 is 12.6 Å². The monoisotopic (exact) mass is 271 g/mol. The molecule has 0 spiro atoms. The van der Waals surface area contributed by atoms with E-state index in [1.807, 2.05) is 0 Å². The molecule has 0 aliphatic rings. The van der Waals surface area contributed by atoms with Crippen molar-refractivity contribution in [3.05, 3.63) is 12.3 Å². The van der Waals surface area contributed by atoms with Gasteiger partial charge in [-0.3, -0.25) is 0 Å². The van der Waals surface area contributed by atoms with Crippen molar-refractivity contribution in [2.45, 2.75) is 72.1 Å². The molecule has 1 nitrogen and oxygen atoms in total. The lowest BCUT2D eigenvalue weighted by Crippen LogP contribution is -2.28. The van der Waals surface area contributed by atoms with E-state index < -0.39 is 0 Å². The number of nitrogens with one attached hydrogen (secondary N) is 1. The van der Waals surface area contributed by atoms with Gasteiger partial charge in [-0.05, 0) is 36.9 Å². The molecule has 0 heterocycles. The Kier molecular flexibility index (Phi) is 10.7. The summed E-state index contributed by atoms with van der Waals surface area (Å²) in [7, 11) is 0. The van der Waals surface area contributed by atoms with Crippen LogP contribution in [0.15, 0.2) is 12.3 Å². The summed E-state index contributed by atoms with van der Waals surface area (Å²) in [5.41, 5.74) is 1.60. The van der Waals surface area contributed by atoms with Crippen LogP contribution in [-0.2, 0) is 0 Å². The van der Waals surface area contributed by atoms with Gasteiger partial charge in [0.2, 0.25) is 0 Å². The number of allylic oxidation sites excluding steroid dienone is 1. The number of rotatable bonds is 12. The molecule has 0 aromatic rings. The lowest BCUT2D eigenvalue weighted by Gasteiger charge is -2.24. The van der Waals surface area contributed by atoms with Crippen molar-refractivity contribution in [3.63, 3.8) is 0 Å². The van der Waals surface area contributed by atoms with E-state index >= 15 is 0 Å². The second-order valence-corrected chi connectivity index (χ2v) is 6.52. The molecule has 0 aliphatic carbocycles. The Morgan fingerprint density at radius 2 is 1.61 bits per heavy atom. The Morgan fingerprint density at radius 1 is 1.06 bits per heavy atom. The molecule has 0 saturated heterocycles. The van der Waals surface area contributed by atoms with Crippen LogP contribution in [0.2, 0.25) is 0 Å². The van der Waals surface area contributed by atoms with Gasteiger partial charge in [0.15, 0.2) is 0 Å². The van der Waals surface area contributed by atoms with Crippen LogP contribution in [0.25, 0.3) is 0 Å². The fraction of sp³-hybridized carbons (Fsp3) is 0.875. The molecular weight excluding hydrogens is 238 g/mol. The minimum absolute atomic E-state index is 0.385. The maximum atomic E-state index is 4.23.